The molecule has 2 N–H and O–H groups in total. The average molecular weight is 340 g/mol. The second-order valence-corrected chi connectivity index (χ2v) is 6.60. The quantitative estimate of drug-likeness (QED) is 0.648. The van der Waals surface area contributed by atoms with Crippen molar-refractivity contribution in [3.8, 4) is 0 Å². The number of likely N-dealkylation sites (tertiary alicyclic amines) is 1. The molecule has 6 nitrogen and oxygen atoms in total. The van der Waals surface area contributed by atoms with Gasteiger partial charge in [0, 0.05) is 32.1 Å². The molecule has 6 heteroatoms. The molecule has 0 unspecified atom stereocenters. The highest BCUT2D eigenvalue weighted by atomic mass is 15.3. The smallest absolute Gasteiger partial charge is 0.193 e. The van der Waals surface area contributed by atoms with Crippen LogP contribution in [-0.2, 0) is 6.42 Å². The molecule has 0 atom stereocenters. The van der Waals surface area contributed by atoms with Crippen LogP contribution in [0.4, 0.5) is 0 Å². The number of aliphatic imine (C=N–C) groups is 1. The maximum Gasteiger partial charge on any atom is 0.193 e. The maximum absolute atomic E-state index is 4.84. The number of nitrogens with one attached hydrogen (secondary N) is 2. The van der Waals surface area contributed by atoms with Gasteiger partial charge in [-0.3, -0.25) is 10.1 Å². The van der Waals surface area contributed by atoms with Gasteiger partial charge in [-0.1, -0.05) is 29.8 Å². The number of rotatable bonds is 5. The number of aromatic amines is 1. The summed E-state index contributed by atoms with van der Waals surface area (Å²) in [5.74, 6) is 2.53. The maximum atomic E-state index is 4.84. The summed E-state index contributed by atoms with van der Waals surface area (Å²) in [6.07, 6.45) is 4.73. The van der Waals surface area contributed by atoms with Crippen LogP contribution in [0.1, 0.15) is 42.6 Å². The number of H-pyrrole nitrogens is 1. The standard InChI is InChI=1S/C19H28N6/c1-3-20-19(21-11-8-16-6-4-15(2)5-7-16)25-12-9-17(10-13-25)18-22-14-23-24-18/h4-7,14,17H,3,8-13H2,1-2H3,(H,20,21)(H,22,23,24). The van der Waals surface area contributed by atoms with Gasteiger partial charge >= 0.3 is 0 Å². The zero-order valence-corrected chi connectivity index (χ0v) is 15.2. The molecule has 1 aliphatic heterocycles. The lowest BCUT2D eigenvalue weighted by Crippen LogP contribution is -2.45. The fraction of sp³-hybridized carbons (Fsp3) is 0.526. The summed E-state index contributed by atoms with van der Waals surface area (Å²) >= 11 is 0. The highest BCUT2D eigenvalue weighted by Gasteiger charge is 2.24. The molecule has 1 fully saturated rings. The number of piperidine rings is 1. The van der Waals surface area contributed by atoms with E-state index in [1.54, 1.807) is 6.33 Å². The van der Waals surface area contributed by atoms with E-state index in [4.69, 9.17) is 4.99 Å². The van der Waals surface area contributed by atoms with E-state index >= 15 is 0 Å². The third-order valence-electron chi connectivity index (χ3n) is 4.73. The van der Waals surface area contributed by atoms with Gasteiger partial charge in [-0.05, 0) is 38.7 Å². The predicted octanol–water partition coefficient (Wildman–Crippen LogP) is 2.50. The summed E-state index contributed by atoms with van der Waals surface area (Å²) < 4.78 is 0. The molecule has 134 valence electrons. The van der Waals surface area contributed by atoms with Crippen molar-refractivity contribution in [1.29, 1.82) is 0 Å². The van der Waals surface area contributed by atoms with E-state index in [1.807, 2.05) is 0 Å². The molecule has 0 amide bonds. The molecule has 0 radical (unpaired) electrons. The number of hydrogen-bond donors (Lipinski definition) is 2. The minimum atomic E-state index is 0.481. The van der Waals surface area contributed by atoms with Gasteiger partial charge in [-0.15, -0.1) is 0 Å². The van der Waals surface area contributed by atoms with Crippen LogP contribution >= 0.6 is 0 Å². The molecule has 0 aliphatic carbocycles. The Morgan fingerprint density at radius 3 is 2.68 bits per heavy atom. The van der Waals surface area contributed by atoms with E-state index in [0.717, 1.165) is 57.2 Å². The van der Waals surface area contributed by atoms with Crippen molar-refractivity contribution in [2.24, 2.45) is 4.99 Å². The Morgan fingerprint density at radius 1 is 1.28 bits per heavy atom. The molecule has 25 heavy (non-hydrogen) atoms. The van der Waals surface area contributed by atoms with E-state index in [2.05, 4.69) is 63.5 Å². The number of benzene rings is 1. The van der Waals surface area contributed by atoms with Gasteiger partial charge in [0.05, 0.1) is 0 Å². The van der Waals surface area contributed by atoms with E-state index in [-0.39, 0.29) is 0 Å². The third-order valence-corrected chi connectivity index (χ3v) is 4.73. The first kappa shape index (κ1) is 17.5. The van der Waals surface area contributed by atoms with E-state index in [0.29, 0.717) is 5.92 Å². The summed E-state index contributed by atoms with van der Waals surface area (Å²) in [7, 11) is 0. The predicted molar refractivity (Wildman–Crippen MR) is 101 cm³/mol. The molecular weight excluding hydrogens is 312 g/mol. The molecule has 1 aromatic carbocycles. The lowest BCUT2D eigenvalue weighted by atomic mass is 9.96. The number of hydrogen-bond acceptors (Lipinski definition) is 3. The Kier molecular flexibility index (Phi) is 6.04. The van der Waals surface area contributed by atoms with Crippen molar-refractivity contribution in [3.63, 3.8) is 0 Å². The lowest BCUT2D eigenvalue weighted by Gasteiger charge is -2.33. The second-order valence-electron chi connectivity index (χ2n) is 6.60. The van der Waals surface area contributed by atoms with Gasteiger partial charge in [0.2, 0.25) is 0 Å². The van der Waals surface area contributed by atoms with E-state index in [1.165, 1.54) is 11.1 Å². The number of nitrogens with zero attached hydrogens (tertiary/aromatic N) is 4. The first-order valence-corrected chi connectivity index (χ1v) is 9.20. The van der Waals surface area contributed by atoms with Gasteiger partial charge in [-0.25, -0.2) is 4.98 Å². The molecule has 2 aromatic rings. The van der Waals surface area contributed by atoms with Crippen LogP contribution in [0.3, 0.4) is 0 Å². The van der Waals surface area contributed by atoms with Gasteiger partial charge in [0.1, 0.15) is 12.2 Å². The lowest BCUT2D eigenvalue weighted by molar-refractivity contribution is 0.299. The first-order chi connectivity index (χ1) is 12.3. The topological polar surface area (TPSA) is 69.2 Å². The van der Waals surface area contributed by atoms with Crippen LogP contribution in [-0.4, -0.2) is 52.2 Å². The van der Waals surface area contributed by atoms with E-state index < -0.39 is 0 Å². The van der Waals surface area contributed by atoms with Crippen LogP contribution in [0.2, 0.25) is 0 Å². The Morgan fingerprint density at radius 2 is 2.04 bits per heavy atom. The van der Waals surface area contributed by atoms with Crippen molar-refractivity contribution in [2.75, 3.05) is 26.2 Å². The van der Waals surface area contributed by atoms with Crippen molar-refractivity contribution in [2.45, 2.75) is 39.0 Å². The number of aromatic nitrogens is 3. The summed E-state index contributed by atoms with van der Waals surface area (Å²) in [6.45, 7) is 7.95. The van der Waals surface area contributed by atoms with Crippen LogP contribution in [0.15, 0.2) is 35.6 Å². The molecule has 0 saturated carbocycles. The summed E-state index contributed by atoms with van der Waals surface area (Å²) in [4.78, 5) is 11.5. The molecule has 1 aromatic heterocycles. The molecular formula is C19H28N6. The second kappa shape index (κ2) is 8.65. The minimum absolute atomic E-state index is 0.481. The Labute approximate surface area is 149 Å². The van der Waals surface area contributed by atoms with E-state index in [9.17, 15) is 0 Å². The molecule has 3 rings (SSSR count). The largest absolute Gasteiger partial charge is 0.357 e. The Bertz CT molecular complexity index is 654. The van der Waals surface area contributed by atoms with Gasteiger partial charge in [-0.2, -0.15) is 5.10 Å². The van der Waals surface area contributed by atoms with Crippen LogP contribution in [0.25, 0.3) is 0 Å². The third kappa shape index (κ3) is 4.81. The SMILES string of the molecule is CCNC(=NCCc1ccc(C)cc1)N1CCC(c2ncn[nH]2)CC1. The van der Waals surface area contributed by atoms with Gasteiger partial charge in [0.25, 0.3) is 0 Å². The molecule has 1 saturated heterocycles. The average Bonchev–Trinajstić information content (AvgIpc) is 3.17. The molecule has 1 aliphatic rings. The summed E-state index contributed by atoms with van der Waals surface area (Å²) in [5, 5.41) is 10.4. The number of guanidine groups is 1. The van der Waals surface area contributed by atoms with Crippen molar-refractivity contribution in [3.05, 3.63) is 47.5 Å². The molecule has 0 spiro atoms. The zero-order valence-electron chi connectivity index (χ0n) is 15.2. The van der Waals surface area contributed by atoms with Crippen molar-refractivity contribution in [1.82, 2.24) is 25.4 Å². The van der Waals surface area contributed by atoms with Gasteiger partial charge < -0.3 is 10.2 Å². The summed E-state index contributed by atoms with van der Waals surface area (Å²) in [5.41, 5.74) is 2.64. The molecule has 2 heterocycles. The first-order valence-electron chi connectivity index (χ1n) is 9.20. The monoisotopic (exact) mass is 340 g/mol. The fourth-order valence-electron chi connectivity index (χ4n) is 3.25. The van der Waals surface area contributed by atoms with Gasteiger partial charge in [0.15, 0.2) is 5.96 Å². The Hall–Kier alpha value is -2.37. The van der Waals surface area contributed by atoms with Crippen LogP contribution in [0.5, 0.6) is 0 Å². The van der Waals surface area contributed by atoms with Crippen molar-refractivity contribution < 1.29 is 0 Å². The van der Waals surface area contributed by atoms with Crippen molar-refractivity contribution >= 4 is 5.96 Å². The number of aryl methyl sites for hydroxylation is 1. The highest BCUT2D eigenvalue weighted by molar-refractivity contribution is 5.80. The highest BCUT2D eigenvalue weighted by Crippen LogP contribution is 2.24. The molecule has 0 bridgehead atoms. The minimum Gasteiger partial charge on any atom is -0.357 e. The fourth-order valence-corrected chi connectivity index (χ4v) is 3.25. The van der Waals surface area contributed by atoms with Crippen LogP contribution < -0.4 is 5.32 Å². The zero-order chi connectivity index (χ0) is 17.5. The normalized spacial score (nSPS) is 16.2. The Balaban J connectivity index is 1.54. The summed E-state index contributed by atoms with van der Waals surface area (Å²) in [6, 6.07) is 8.72. The van der Waals surface area contributed by atoms with Crippen LogP contribution in [0, 0.1) is 6.92 Å².